The quantitative estimate of drug-likeness (QED) is 0.822. The number of para-hydroxylation sites is 1. The maximum Gasteiger partial charge on any atom is 0.151 e. The number of nitrogens with zero attached hydrogens (tertiary/aromatic N) is 3. The van der Waals surface area contributed by atoms with E-state index in [9.17, 15) is 5.11 Å². The number of hydrogen-bond donors (Lipinski definition) is 1. The van der Waals surface area contributed by atoms with Crippen LogP contribution >= 0.6 is 11.8 Å². The number of benzene rings is 2. The number of amidine groups is 1. The largest absolute Gasteiger partial charge is 0.368 e. The molecule has 0 saturated carbocycles. The zero-order chi connectivity index (χ0) is 18.6. The van der Waals surface area contributed by atoms with Crippen LogP contribution in [0.3, 0.4) is 0 Å². The van der Waals surface area contributed by atoms with E-state index in [-0.39, 0.29) is 0 Å². The van der Waals surface area contributed by atoms with Crippen molar-refractivity contribution in [3.8, 4) is 0 Å². The van der Waals surface area contributed by atoms with E-state index in [1.165, 1.54) is 15.4 Å². The van der Waals surface area contributed by atoms with Gasteiger partial charge in [-0.15, -0.1) is 0 Å². The van der Waals surface area contributed by atoms with Crippen LogP contribution in [0.1, 0.15) is 12.5 Å². The standard InChI is InChI=1S/C21H25N3O2S/c1-16(25)26-15-14-23-10-12-24(13-11-23)21-17-6-2-4-8-19(17)27-20-9-5-3-7-18(20)22-21/h2-9,16,25H,10-15H2,1H3. The normalized spacial score (nSPS) is 18.3. The summed E-state index contributed by atoms with van der Waals surface area (Å²) >= 11 is 1.79. The van der Waals surface area contributed by atoms with Crippen LogP contribution in [0.25, 0.3) is 0 Å². The second kappa shape index (κ2) is 8.44. The lowest BCUT2D eigenvalue weighted by molar-refractivity contribution is -0.0902. The number of ether oxygens (including phenoxy) is 1. The SMILES string of the molecule is CC(O)OCCN1CCN(C2=Nc3ccccc3Sc3ccccc32)CC1. The van der Waals surface area contributed by atoms with E-state index in [1.807, 2.05) is 0 Å². The monoisotopic (exact) mass is 383 g/mol. The Morgan fingerprint density at radius 3 is 2.52 bits per heavy atom. The van der Waals surface area contributed by atoms with Gasteiger partial charge in [-0.25, -0.2) is 4.99 Å². The number of rotatable bonds is 4. The molecule has 2 aromatic carbocycles. The van der Waals surface area contributed by atoms with Crippen molar-refractivity contribution in [2.75, 3.05) is 39.3 Å². The summed E-state index contributed by atoms with van der Waals surface area (Å²) in [4.78, 5) is 12.3. The first-order chi connectivity index (χ1) is 13.2. The summed E-state index contributed by atoms with van der Waals surface area (Å²) in [5.41, 5.74) is 2.26. The van der Waals surface area contributed by atoms with Crippen LogP contribution in [-0.2, 0) is 4.74 Å². The number of aliphatic imine (C=N–C) groups is 1. The minimum atomic E-state index is -0.694. The summed E-state index contributed by atoms with van der Waals surface area (Å²) in [5.74, 6) is 1.07. The lowest BCUT2D eigenvalue weighted by Crippen LogP contribution is -2.49. The van der Waals surface area contributed by atoms with Crippen molar-refractivity contribution in [3.63, 3.8) is 0 Å². The molecule has 0 spiro atoms. The minimum Gasteiger partial charge on any atom is -0.368 e. The first-order valence-corrected chi connectivity index (χ1v) is 10.2. The van der Waals surface area contributed by atoms with Gasteiger partial charge < -0.3 is 14.7 Å². The number of aliphatic hydroxyl groups excluding tert-OH is 1. The lowest BCUT2D eigenvalue weighted by atomic mass is 10.1. The summed E-state index contributed by atoms with van der Waals surface area (Å²) < 4.78 is 5.26. The van der Waals surface area contributed by atoms with Gasteiger partial charge in [-0.3, -0.25) is 4.90 Å². The van der Waals surface area contributed by atoms with Gasteiger partial charge in [0.25, 0.3) is 0 Å². The number of piperazine rings is 1. The minimum absolute atomic E-state index is 0.561. The topological polar surface area (TPSA) is 48.3 Å². The van der Waals surface area contributed by atoms with Gasteiger partial charge in [0.05, 0.1) is 12.3 Å². The average molecular weight is 384 g/mol. The second-order valence-electron chi connectivity index (χ2n) is 6.80. The van der Waals surface area contributed by atoms with Crippen LogP contribution < -0.4 is 0 Å². The third-order valence-corrected chi connectivity index (χ3v) is 6.02. The number of aliphatic hydroxyl groups is 1. The van der Waals surface area contributed by atoms with Crippen molar-refractivity contribution < 1.29 is 9.84 Å². The van der Waals surface area contributed by atoms with Crippen molar-refractivity contribution in [2.24, 2.45) is 4.99 Å². The Hall–Kier alpha value is -1.86. The molecule has 1 fully saturated rings. The van der Waals surface area contributed by atoms with Gasteiger partial charge in [-0.05, 0) is 25.1 Å². The van der Waals surface area contributed by atoms with Crippen LogP contribution in [0.4, 0.5) is 5.69 Å². The predicted molar refractivity (Wildman–Crippen MR) is 109 cm³/mol. The van der Waals surface area contributed by atoms with E-state index < -0.39 is 6.29 Å². The number of hydrogen-bond acceptors (Lipinski definition) is 6. The summed E-state index contributed by atoms with van der Waals surface area (Å²) in [6, 6.07) is 16.9. The Balaban J connectivity index is 1.52. The van der Waals surface area contributed by atoms with Crippen molar-refractivity contribution in [1.29, 1.82) is 0 Å². The third kappa shape index (κ3) is 4.35. The van der Waals surface area contributed by atoms with E-state index in [2.05, 4.69) is 58.3 Å². The summed E-state index contributed by atoms with van der Waals surface area (Å²) in [5, 5.41) is 9.23. The zero-order valence-electron chi connectivity index (χ0n) is 15.5. The third-order valence-electron chi connectivity index (χ3n) is 4.88. The Labute approximate surface area is 164 Å². The van der Waals surface area contributed by atoms with Crippen LogP contribution in [0.15, 0.2) is 63.3 Å². The van der Waals surface area contributed by atoms with E-state index in [0.29, 0.717) is 6.61 Å². The molecule has 1 N–H and O–H groups in total. The zero-order valence-corrected chi connectivity index (χ0v) is 16.4. The Morgan fingerprint density at radius 2 is 1.74 bits per heavy atom. The Kier molecular flexibility index (Phi) is 5.78. The molecule has 142 valence electrons. The predicted octanol–water partition coefficient (Wildman–Crippen LogP) is 3.20. The van der Waals surface area contributed by atoms with E-state index >= 15 is 0 Å². The van der Waals surface area contributed by atoms with Crippen LogP contribution in [-0.4, -0.2) is 66.4 Å². The molecule has 0 aromatic heterocycles. The Morgan fingerprint density at radius 1 is 1.04 bits per heavy atom. The van der Waals surface area contributed by atoms with Gasteiger partial charge in [-0.2, -0.15) is 0 Å². The maximum absolute atomic E-state index is 9.23. The fourth-order valence-corrected chi connectivity index (χ4v) is 4.46. The smallest absolute Gasteiger partial charge is 0.151 e. The van der Waals surface area contributed by atoms with E-state index in [0.717, 1.165) is 44.2 Å². The fourth-order valence-electron chi connectivity index (χ4n) is 3.45. The van der Waals surface area contributed by atoms with Crippen LogP contribution in [0.2, 0.25) is 0 Å². The highest BCUT2D eigenvalue weighted by molar-refractivity contribution is 7.99. The molecule has 2 heterocycles. The molecule has 0 bridgehead atoms. The van der Waals surface area contributed by atoms with E-state index in [1.54, 1.807) is 18.7 Å². The first kappa shape index (κ1) is 18.5. The molecule has 5 nitrogen and oxygen atoms in total. The molecule has 0 aliphatic carbocycles. The van der Waals surface area contributed by atoms with Gasteiger partial charge in [0.2, 0.25) is 0 Å². The molecule has 2 aliphatic rings. The molecule has 0 radical (unpaired) electrons. The average Bonchev–Trinajstić information content (AvgIpc) is 2.85. The molecular formula is C21H25N3O2S. The van der Waals surface area contributed by atoms with Gasteiger partial charge in [0.1, 0.15) is 5.84 Å². The van der Waals surface area contributed by atoms with Crippen LogP contribution in [0, 0.1) is 0 Å². The van der Waals surface area contributed by atoms with Gasteiger partial charge in [0, 0.05) is 48.1 Å². The molecule has 1 atom stereocenters. The molecule has 6 heteroatoms. The van der Waals surface area contributed by atoms with Crippen molar-refractivity contribution in [1.82, 2.24) is 9.80 Å². The van der Waals surface area contributed by atoms with Gasteiger partial charge in [0.15, 0.2) is 6.29 Å². The van der Waals surface area contributed by atoms with Crippen molar-refractivity contribution in [2.45, 2.75) is 23.0 Å². The van der Waals surface area contributed by atoms with Crippen molar-refractivity contribution >= 4 is 23.3 Å². The summed E-state index contributed by atoms with van der Waals surface area (Å²) in [6.45, 7) is 6.88. The molecule has 4 rings (SSSR count). The van der Waals surface area contributed by atoms with Crippen molar-refractivity contribution in [3.05, 3.63) is 54.1 Å². The number of fused-ring (bicyclic) bond motifs is 2. The molecule has 2 aromatic rings. The first-order valence-electron chi connectivity index (χ1n) is 9.42. The molecule has 27 heavy (non-hydrogen) atoms. The molecule has 0 amide bonds. The Bertz CT molecular complexity index is 817. The molecule has 1 saturated heterocycles. The maximum atomic E-state index is 9.23. The highest BCUT2D eigenvalue weighted by atomic mass is 32.2. The highest BCUT2D eigenvalue weighted by Crippen LogP contribution is 2.40. The molecule has 2 aliphatic heterocycles. The van der Waals surface area contributed by atoms with Crippen LogP contribution in [0.5, 0.6) is 0 Å². The second-order valence-corrected chi connectivity index (χ2v) is 7.88. The van der Waals surface area contributed by atoms with Gasteiger partial charge >= 0.3 is 0 Å². The summed E-state index contributed by atoms with van der Waals surface area (Å²) in [7, 11) is 0. The lowest BCUT2D eigenvalue weighted by Gasteiger charge is -2.36. The summed E-state index contributed by atoms with van der Waals surface area (Å²) in [6.07, 6.45) is -0.694. The fraction of sp³-hybridized carbons (Fsp3) is 0.381. The highest BCUT2D eigenvalue weighted by Gasteiger charge is 2.25. The molecule has 1 unspecified atom stereocenters. The van der Waals surface area contributed by atoms with E-state index in [4.69, 9.17) is 9.73 Å². The van der Waals surface area contributed by atoms with Gasteiger partial charge in [-0.1, -0.05) is 42.1 Å². The molecular weight excluding hydrogens is 358 g/mol.